The third-order valence-corrected chi connectivity index (χ3v) is 6.70. The largest absolute Gasteiger partial charge is 0.505 e. The number of hydrogen-bond donors (Lipinski definition) is 2. The maximum atomic E-state index is 13.9. The van der Waals surface area contributed by atoms with Gasteiger partial charge >= 0.3 is 5.63 Å². The lowest BCUT2D eigenvalue weighted by Gasteiger charge is -2.16. The first-order valence-corrected chi connectivity index (χ1v) is 11.5. The summed E-state index contributed by atoms with van der Waals surface area (Å²) in [5, 5.41) is 11.0. The zero-order valence-corrected chi connectivity index (χ0v) is 19.4. The topological polar surface area (TPSA) is 108 Å². The van der Waals surface area contributed by atoms with E-state index < -0.39 is 16.9 Å². The molecular formula is C27H20N2O5S. The van der Waals surface area contributed by atoms with Crippen LogP contribution >= 0.6 is 11.8 Å². The number of pyridine rings is 1. The lowest BCUT2D eigenvalue weighted by atomic mass is 10.1. The SMILES string of the molecule is COc1ccc(-n2c(-c3ccccc3)cc3oc(=O)c(Sc4ccccc4N)c(O)c3c2=O)cc1. The maximum absolute atomic E-state index is 13.9. The summed E-state index contributed by atoms with van der Waals surface area (Å²) in [7, 11) is 1.56. The van der Waals surface area contributed by atoms with Crippen LogP contribution < -0.4 is 21.7 Å². The maximum Gasteiger partial charge on any atom is 0.354 e. The number of nitrogens with two attached hydrogens (primary N) is 1. The second kappa shape index (κ2) is 9.08. The molecule has 0 saturated heterocycles. The van der Waals surface area contributed by atoms with E-state index in [-0.39, 0.29) is 15.9 Å². The Morgan fingerprint density at radius 3 is 2.31 bits per heavy atom. The van der Waals surface area contributed by atoms with Gasteiger partial charge in [0.25, 0.3) is 5.56 Å². The molecule has 3 aromatic carbocycles. The van der Waals surface area contributed by atoms with Crippen LogP contribution in [0, 0.1) is 0 Å². The van der Waals surface area contributed by atoms with Gasteiger partial charge in [-0.25, -0.2) is 4.79 Å². The van der Waals surface area contributed by atoms with Crippen LogP contribution in [0.3, 0.4) is 0 Å². The van der Waals surface area contributed by atoms with E-state index in [0.717, 1.165) is 17.3 Å². The molecule has 0 amide bonds. The highest BCUT2D eigenvalue weighted by molar-refractivity contribution is 7.99. The molecule has 0 atom stereocenters. The number of nitrogens with zero attached hydrogens (tertiary/aromatic N) is 1. The lowest BCUT2D eigenvalue weighted by molar-refractivity contribution is 0.414. The van der Waals surface area contributed by atoms with Crippen LogP contribution in [0.1, 0.15) is 0 Å². The molecule has 5 aromatic rings. The van der Waals surface area contributed by atoms with Crippen molar-refractivity contribution < 1.29 is 14.3 Å². The molecule has 35 heavy (non-hydrogen) atoms. The molecule has 0 aliphatic carbocycles. The van der Waals surface area contributed by atoms with E-state index >= 15 is 0 Å². The molecule has 0 aliphatic rings. The molecule has 0 radical (unpaired) electrons. The van der Waals surface area contributed by atoms with Crippen LogP contribution in [0.4, 0.5) is 5.69 Å². The van der Waals surface area contributed by atoms with Gasteiger partial charge in [0.1, 0.15) is 21.6 Å². The summed E-state index contributed by atoms with van der Waals surface area (Å²) in [6.45, 7) is 0. The van der Waals surface area contributed by atoms with Crippen LogP contribution in [0.5, 0.6) is 11.5 Å². The summed E-state index contributed by atoms with van der Waals surface area (Å²) < 4.78 is 12.3. The van der Waals surface area contributed by atoms with E-state index in [1.165, 1.54) is 4.57 Å². The van der Waals surface area contributed by atoms with E-state index in [0.29, 0.717) is 27.7 Å². The van der Waals surface area contributed by atoms with Crippen LogP contribution in [-0.4, -0.2) is 16.8 Å². The Kier molecular flexibility index (Phi) is 5.80. The highest BCUT2D eigenvalue weighted by Gasteiger charge is 2.22. The van der Waals surface area contributed by atoms with Crippen molar-refractivity contribution in [3.8, 4) is 28.4 Å². The fraction of sp³-hybridized carbons (Fsp3) is 0.0370. The number of fused-ring (bicyclic) bond motifs is 1. The monoisotopic (exact) mass is 484 g/mol. The second-order valence-electron chi connectivity index (χ2n) is 7.68. The standard InChI is InChI=1S/C27H20N2O5S/c1-33-18-13-11-17(12-14-18)29-20(16-7-3-2-4-8-16)15-21-23(26(29)31)24(30)25(27(32)34-21)35-22-10-6-5-9-19(22)28/h2-15,30H,28H2,1H3. The molecule has 174 valence electrons. The predicted octanol–water partition coefficient (Wildman–Crippen LogP) is 5.06. The minimum absolute atomic E-state index is 0.00787. The van der Waals surface area contributed by atoms with Crippen molar-refractivity contribution in [3.63, 3.8) is 0 Å². The predicted molar refractivity (Wildman–Crippen MR) is 137 cm³/mol. The third-order valence-electron chi connectivity index (χ3n) is 5.54. The molecule has 7 nitrogen and oxygen atoms in total. The highest BCUT2D eigenvalue weighted by atomic mass is 32.2. The molecule has 3 N–H and O–H groups in total. The number of benzene rings is 3. The molecule has 0 fully saturated rings. The number of aromatic nitrogens is 1. The summed E-state index contributed by atoms with van der Waals surface area (Å²) in [4.78, 5) is 27.2. The number of aromatic hydroxyl groups is 1. The van der Waals surface area contributed by atoms with Gasteiger partial charge in [0, 0.05) is 22.3 Å². The van der Waals surface area contributed by atoms with E-state index in [2.05, 4.69) is 0 Å². The summed E-state index contributed by atoms with van der Waals surface area (Å²) in [6.07, 6.45) is 0. The molecule has 0 bridgehead atoms. The van der Waals surface area contributed by atoms with E-state index in [1.54, 1.807) is 61.7 Å². The zero-order valence-electron chi connectivity index (χ0n) is 18.6. The summed E-state index contributed by atoms with van der Waals surface area (Å²) >= 11 is 0.952. The van der Waals surface area contributed by atoms with Crippen molar-refractivity contribution >= 4 is 28.4 Å². The average Bonchev–Trinajstić information content (AvgIpc) is 2.88. The van der Waals surface area contributed by atoms with Gasteiger partial charge < -0.3 is 20.0 Å². The zero-order chi connectivity index (χ0) is 24.5. The second-order valence-corrected chi connectivity index (χ2v) is 8.73. The van der Waals surface area contributed by atoms with Gasteiger partial charge in [-0.3, -0.25) is 9.36 Å². The number of hydrogen-bond acceptors (Lipinski definition) is 7. The molecule has 0 unspecified atom stereocenters. The smallest absolute Gasteiger partial charge is 0.354 e. The Balaban J connectivity index is 1.80. The molecule has 0 saturated carbocycles. The molecule has 2 aromatic heterocycles. The van der Waals surface area contributed by atoms with Crippen molar-refractivity contribution in [2.45, 2.75) is 9.79 Å². The van der Waals surface area contributed by atoms with Crippen molar-refractivity contribution in [2.75, 3.05) is 12.8 Å². The Hall–Kier alpha value is -4.43. The van der Waals surface area contributed by atoms with Crippen LogP contribution in [0.2, 0.25) is 0 Å². The first-order chi connectivity index (χ1) is 17.0. The molecule has 0 aliphatic heterocycles. The number of anilines is 1. The van der Waals surface area contributed by atoms with Crippen molar-refractivity contribution in [2.24, 2.45) is 0 Å². The Bertz CT molecular complexity index is 1660. The molecule has 8 heteroatoms. The van der Waals surface area contributed by atoms with Crippen LogP contribution in [0.25, 0.3) is 27.9 Å². The van der Waals surface area contributed by atoms with E-state index in [1.807, 2.05) is 30.3 Å². The van der Waals surface area contributed by atoms with Gasteiger partial charge in [0.2, 0.25) is 0 Å². The van der Waals surface area contributed by atoms with Crippen molar-refractivity contribution in [3.05, 3.63) is 106 Å². The minimum atomic E-state index is -0.760. The van der Waals surface area contributed by atoms with Gasteiger partial charge in [-0.1, -0.05) is 54.2 Å². The number of para-hydroxylation sites is 1. The third kappa shape index (κ3) is 4.04. The van der Waals surface area contributed by atoms with Gasteiger partial charge in [0.15, 0.2) is 5.75 Å². The lowest BCUT2D eigenvalue weighted by Crippen LogP contribution is -2.21. The Labute approximate surface area is 204 Å². The highest BCUT2D eigenvalue weighted by Crippen LogP contribution is 2.38. The summed E-state index contributed by atoms with van der Waals surface area (Å²) in [5.74, 6) is 0.188. The van der Waals surface area contributed by atoms with Gasteiger partial charge in [-0.15, -0.1) is 0 Å². The van der Waals surface area contributed by atoms with Gasteiger partial charge in [-0.2, -0.15) is 0 Å². The normalized spacial score (nSPS) is 11.0. The molecular weight excluding hydrogens is 464 g/mol. The number of methoxy groups -OCH3 is 1. The van der Waals surface area contributed by atoms with Gasteiger partial charge in [-0.05, 0) is 42.0 Å². The number of nitrogen functional groups attached to an aromatic ring is 1. The minimum Gasteiger partial charge on any atom is -0.505 e. The molecule has 0 spiro atoms. The van der Waals surface area contributed by atoms with Crippen molar-refractivity contribution in [1.29, 1.82) is 0 Å². The first kappa shape index (κ1) is 22.4. The van der Waals surface area contributed by atoms with Crippen LogP contribution in [-0.2, 0) is 0 Å². The number of rotatable bonds is 5. The Morgan fingerprint density at radius 1 is 0.943 bits per heavy atom. The summed E-state index contributed by atoms with van der Waals surface area (Å²) in [6, 6.07) is 24.8. The quantitative estimate of drug-likeness (QED) is 0.336. The molecule has 2 heterocycles. The van der Waals surface area contributed by atoms with E-state index in [4.69, 9.17) is 14.9 Å². The van der Waals surface area contributed by atoms with Gasteiger partial charge in [0.05, 0.1) is 12.8 Å². The number of ether oxygens (including phenoxy) is 1. The summed E-state index contributed by atoms with van der Waals surface area (Å²) in [5.41, 5.74) is 6.94. The average molecular weight is 485 g/mol. The Morgan fingerprint density at radius 2 is 1.63 bits per heavy atom. The molecule has 5 rings (SSSR count). The fourth-order valence-corrected chi connectivity index (χ4v) is 4.70. The van der Waals surface area contributed by atoms with Crippen molar-refractivity contribution in [1.82, 2.24) is 4.57 Å². The fourth-order valence-electron chi connectivity index (χ4n) is 3.82. The first-order valence-electron chi connectivity index (χ1n) is 10.7. The van der Waals surface area contributed by atoms with Crippen LogP contribution in [0.15, 0.2) is 109 Å². The van der Waals surface area contributed by atoms with E-state index in [9.17, 15) is 14.7 Å².